The van der Waals surface area contributed by atoms with Crippen molar-refractivity contribution in [1.82, 2.24) is 10.3 Å². The minimum absolute atomic E-state index is 0.0587. The van der Waals surface area contributed by atoms with Gasteiger partial charge < -0.3 is 10.3 Å². The number of fused-ring (bicyclic) bond motifs is 4. The van der Waals surface area contributed by atoms with Gasteiger partial charge in [0.15, 0.2) is 0 Å². The quantitative estimate of drug-likeness (QED) is 0.601. The highest BCUT2D eigenvalue weighted by atomic mass is 16.6. The molecule has 3 N–H and O–H groups in total. The molecule has 5 heteroatoms. The maximum absolute atomic E-state index is 11.3. The second kappa shape index (κ2) is 6.50. The smallest absolute Gasteiger partial charge is 0.317 e. The second-order valence-corrected chi connectivity index (χ2v) is 7.84. The van der Waals surface area contributed by atoms with Crippen molar-refractivity contribution in [2.24, 2.45) is 0 Å². The third-order valence-electron chi connectivity index (χ3n) is 6.20. The Kier molecular flexibility index (Phi) is 3.97. The number of hydrogen-bond donors (Lipinski definition) is 3. The van der Waals surface area contributed by atoms with E-state index in [9.17, 15) is 10.1 Å². The van der Waals surface area contributed by atoms with Crippen molar-refractivity contribution >= 4 is 16.6 Å². The van der Waals surface area contributed by atoms with Crippen molar-refractivity contribution < 1.29 is 10.1 Å². The number of H-pyrrole nitrogens is 1. The number of aryl methyl sites for hydroxylation is 2. The van der Waals surface area contributed by atoms with Crippen molar-refractivity contribution in [1.29, 1.82) is 0 Å². The standard InChI is InChI=1S/C22H24N3O2/c26-25(27)17-10-11-20-19(13-17)18-6-3-7-21(22(18)24-20)23-16-9-8-14-4-1-2-5-15(14)12-16/h1-2,4-5,10-11,13,16,21,23-24H,3,6-9,12H2,(H,26,27)/q+1. The van der Waals surface area contributed by atoms with Crippen LogP contribution < -0.4 is 5.32 Å². The van der Waals surface area contributed by atoms with Crippen LogP contribution in [0, 0.1) is 4.91 Å². The lowest BCUT2D eigenvalue weighted by Gasteiger charge is -2.32. The molecule has 5 rings (SSSR count). The summed E-state index contributed by atoms with van der Waals surface area (Å²) in [6.45, 7) is 0. The SMILES string of the molecule is O=[N+](O)c1ccc2[nH]c3c(c2c1)CCCC3NC1CCc2ccccc2C1. The molecule has 0 saturated carbocycles. The molecule has 2 unspecified atom stereocenters. The normalized spacial score (nSPS) is 21.6. The largest absolute Gasteiger partial charge is 0.357 e. The Bertz CT molecular complexity index is 1020. The van der Waals surface area contributed by atoms with Gasteiger partial charge in [0.25, 0.3) is 4.92 Å². The van der Waals surface area contributed by atoms with Crippen LogP contribution in [-0.2, 0) is 19.3 Å². The molecule has 138 valence electrons. The van der Waals surface area contributed by atoms with Gasteiger partial charge in [-0.3, -0.25) is 0 Å². The van der Waals surface area contributed by atoms with Gasteiger partial charge in [-0.05, 0) is 61.3 Å². The minimum atomic E-state index is -0.0587. The van der Waals surface area contributed by atoms with Gasteiger partial charge in [0.05, 0.1) is 4.91 Å². The summed E-state index contributed by atoms with van der Waals surface area (Å²) in [7, 11) is 0. The van der Waals surface area contributed by atoms with E-state index in [2.05, 4.69) is 34.6 Å². The fourth-order valence-electron chi connectivity index (χ4n) is 4.86. The van der Waals surface area contributed by atoms with Gasteiger partial charge in [-0.2, -0.15) is 0 Å². The Morgan fingerprint density at radius 3 is 2.78 bits per heavy atom. The predicted octanol–water partition coefficient (Wildman–Crippen LogP) is 4.49. The van der Waals surface area contributed by atoms with Gasteiger partial charge in [0.1, 0.15) is 0 Å². The lowest BCUT2D eigenvalue weighted by Crippen LogP contribution is -2.38. The van der Waals surface area contributed by atoms with E-state index in [1.807, 2.05) is 6.07 Å². The Hall–Kier alpha value is -2.66. The summed E-state index contributed by atoms with van der Waals surface area (Å²) in [5, 5.41) is 14.2. The summed E-state index contributed by atoms with van der Waals surface area (Å²) in [5.74, 6) is 0. The third kappa shape index (κ3) is 2.92. The maximum Gasteiger partial charge on any atom is 0.317 e. The van der Waals surface area contributed by atoms with Crippen LogP contribution >= 0.6 is 0 Å². The molecule has 3 aromatic rings. The van der Waals surface area contributed by atoms with Crippen molar-refractivity contribution in [3.63, 3.8) is 0 Å². The monoisotopic (exact) mass is 362 g/mol. The topological polar surface area (TPSA) is 68.1 Å². The number of aromatic nitrogens is 1. The summed E-state index contributed by atoms with van der Waals surface area (Å²) in [6.07, 6.45) is 6.66. The Balaban J connectivity index is 1.43. The van der Waals surface area contributed by atoms with Crippen LogP contribution in [0.2, 0.25) is 0 Å². The van der Waals surface area contributed by atoms with E-state index in [0.29, 0.717) is 12.1 Å². The van der Waals surface area contributed by atoms with Crippen LogP contribution in [0.3, 0.4) is 0 Å². The summed E-state index contributed by atoms with van der Waals surface area (Å²) in [5.41, 5.74) is 6.81. The van der Waals surface area contributed by atoms with E-state index in [-0.39, 0.29) is 10.6 Å². The van der Waals surface area contributed by atoms with Crippen molar-refractivity contribution in [2.45, 2.75) is 50.6 Å². The Morgan fingerprint density at radius 1 is 1.07 bits per heavy atom. The maximum atomic E-state index is 11.3. The number of hydrogen-bond acceptors (Lipinski definition) is 2. The molecular weight excluding hydrogens is 338 g/mol. The fraction of sp³-hybridized carbons (Fsp3) is 0.364. The molecule has 2 aliphatic rings. The van der Waals surface area contributed by atoms with E-state index in [1.165, 1.54) is 28.8 Å². The average molecular weight is 362 g/mol. The van der Waals surface area contributed by atoms with E-state index in [0.717, 1.165) is 43.0 Å². The Labute approximate surface area is 157 Å². The summed E-state index contributed by atoms with van der Waals surface area (Å²) in [6, 6.07) is 14.9. The first-order valence-electron chi connectivity index (χ1n) is 9.82. The molecule has 0 aliphatic heterocycles. The molecule has 0 bridgehead atoms. The first kappa shape index (κ1) is 16.5. The van der Waals surface area contributed by atoms with Crippen LogP contribution in [-0.4, -0.2) is 21.2 Å². The Morgan fingerprint density at radius 2 is 1.93 bits per heavy atom. The van der Waals surface area contributed by atoms with Gasteiger partial charge in [-0.1, -0.05) is 24.3 Å². The highest BCUT2D eigenvalue weighted by molar-refractivity contribution is 5.87. The number of rotatable bonds is 3. The number of nitrogens with zero attached hydrogens (tertiary/aromatic N) is 1. The molecular formula is C22H24N3O2+. The third-order valence-corrected chi connectivity index (χ3v) is 6.20. The molecule has 2 aliphatic carbocycles. The summed E-state index contributed by atoms with van der Waals surface area (Å²) < 4.78 is 0. The number of aromatic amines is 1. The van der Waals surface area contributed by atoms with Crippen molar-refractivity contribution in [3.8, 4) is 0 Å². The van der Waals surface area contributed by atoms with Crippen molar-refractivity contribution in [2.75, 3.05) is 0 Å². The highest BCUT2D eigenvalue weighted by Crippen LogP contribution is 2.37. The first-order valence-corrected chi connectivity index (χ1v) is 9.82. The van der Waals surface area contributed by atoms with Crippen molar-refractivity contribution in [3.05, 3.63) is 69.8 Å². The van der Waals surface area contributed by atoms with Gasteiger partial charge in [0.2, 0.25) is 0 Å². The zero-order valence-electron chi connectivity index (χ0n) is 15.2. The molecule has 0 fully saturated rings. The molecule has 5 nitrogen and oxygen atoms in total. The second-order valence-electron chi connectivity index (χ2n) is 7.84. The van der Waals surface area contributed by atoms with Gasteiger partial charge >= 0.3 is 5.69 Å². The van der Waals surface area contributed by atoms with E-state index in [1.54, 1.807) is 12.1 Å². The molecule has 0 radical (unpaired) electrons. The van der Waals surface area contributed by atoms with Crippen LogP contribution in [0.1, 0.15) is 47.7 Å². The fourth-order valence-corrected chi connectivity index (χ4v) is 4.86. The molecule has 2 aromatic carbocycles. The predicted molar refractivity (Wildman–Crippen MR) is 104 cm³/mol. The molecule has 0 amide bonds. The van der Waals surface area contributed by atoms with Crippen LogP contribution in [0.25, 0.3) is 10.9 Å². The first-order chi connectivity index (χ1) is 13.2. The zero-order chi connectivity index (χ0) is 18.4. The van der Waals surface area contributed by atoms with Gasteiger partial charge in [0, 0.05) is 40.8 Å². The van der Waals surface area contributed by atoms with Crippen LogP contribution in [0.4, 0.5) is 5.69 Å². The van der Waals surface area contributed by atoms with Crippen LogP contribution in [0.5, 0.6) is 0 Å². The lowest BCUT2D eigenvalue weighted by atomic mass is 9.86. The van der Waals surface area contributed by atoms with E-state index < -0.39 is 0 Å². The number of benzene rings is 2. The highest BCUT2D eigenvalue weighted by Gasteiger charge is 2.28. The van der Waals surface area contributed by atoms with E-state index >= 15 is 0 Å². The molecule has 27 heavy (non-hydrogen) atoms. The lowest BCUT2D eigenvalue weighted by molar-refractivity contribution is -0.729. The molecule has 2 atom stereocenters. The summed E-state index contributed by atoms with van der Waals surface area (Å²) >= 11 is 0. The molecule has 0 spiro atoms. The number of nitrogens with one attached hydrogen (secondary N) is 2. The molecule has 0 saturated heterocycles. The van der Waals surface area contributed by atoms with E-state index in [4.69, 9.17) is 0 Å². The minimum Gasteiger partial charge on any atom is -0.357 e. The van der Waals surface area contributed by atoms with Crippen LogP contribution in [0.15, 0.2) is 42.5 Å². The summed E-state index contributed by atoms with van der Waals surface area (Å²) in [4.78, 5) is 14.8. The average Bonchev–Trinajstić information content (AvgIpc) is 3.07. The zero-order valence-corrected chi connectivity index (χ0v) is 15.2. The molecule has 1 aromatic heterocycles. The van der Waals surface area contributed by atoms with Gasteiger partial charge in [-0.25, -0.2) is 5.21 Å². The van der Waals surface area contributed by atoms with Gasteiger partial charge in [-0.15, -0.1) is 0 Å². The molecule has 1 heterocycles.